The van der Waals surface area contributed by atoms with Crippen LogP contribution < -0.4 is 10.1 Å². The lowest BCUT2D eigenvalue weighted by molar-refractivity contribution is -0.116. The van der Waals surface area contributed by atoms with E-state index >= 15 is 0 Å². The number of anilines is 1. The van der Waals surface area contributed by atoms with E-state index in [0.717, 1.165) is 14.0 Å². The Morgan fingerprint density at radius 3 is 2.26 bits per heavy atom. The van der Waals surface area contributed by atoms with Crippen molar-refractivity contribution in [2.75, 3.05) is 40.1 Å². The van der Waals surface area contributed by atoms with Crippen LogP contribution in [-0.2, 0) is 24.8 Å². The Hall–Kier alpha value is -2.73. The van der Waals surface area contributed by atoms with Crippen molar-refractivity contribution in [1.29, 1.82) is 0 Å². The minimum atomic E-state index is -3.85. The van der Waals surface area contributed by atoms with E-state index in [4.69, 9.17) is 4.74 Å². The Morgan fingerprint density at radius 2 is 1.68 bits per heavy atom. The maximum absolute atomic E-state index is 12.5. The number of carbonyl (C=O) groups excluding carboxylic acids is 1. The van der Waals surface area contributed by atoms with Crippen molar-refractivity contribution in [2.45, 2.75) is 4.90 Å². The molecule has 0 saturated carbocycles. The van der Waals surface area contributed by atoms with Gasteiger partial charge >= 0.3 is 0 Å². The van der Waals surface area contributed by atoms with Crippen LogP contribution in [0.15, 0.2) is 58.8 Å². The van der Waals surface area contributed by atoms with Crippen LogP contribution in [-0.4, -0.2) is 66.2 Å². The molecule has 0 heterocycles. The SMILES string of the molecule is COc1ccc(S(=O)(=O)N(C)C)cc1NC(=O)CN(C)S(=O)(=O)/C=C/c1ccccc1. The lowest BCUT2D eigenvalue weighted by atomic mass is 10.2. The molecular weight excluding hydrogens is 442 g/mol. The second-order valence-corrected chi connectivity index (χ2v) is 10.8. The first-order valence-corrected chi connectivity index (χ1v) is 12.0. The van der Waals surface area contributed by atoms with Crippen molar-refractivity contribution in [3.8, 4) is 5.75 Å². The molecule has 0 spiro atoms. The molecule has 2 aromatic rings. The normalized spacial score (nSPS) is 12.5. The quantitative estimate of drug-likeness (QED) is 0.602. The molecule has 0 aliphatic rings. The molecule has 0 fully saturated rings. The van der Waals surface area contributed by atoms with Gasteiger partial charge in [0.2, 0.25) is 26.0 Å². The van der Waals surface area contributed by atoms with Gasteiger partial charge in [-0.15, -0.1) is 0 Å². The average molecular weight is 468 g/mol. The number of amides is 1. The predicted octanol–water partition coefficient (Wildman–Crippen LogP) is 1.82. The lowest BCUT2D eigenvalue weighted by Crippen LogP contribution is -2.34. The van der Waals surface area contributed by atoms with E-state index in [1.165, 1.54) is 52.5 Å². The molecule has 2 aromatic carbocycles. The minimum absolute atomic E-state index is 0.0413. The molecule has 9 nitrogen and oxygen atoms in total. The number of rotatable bonds is 9. The number of methoxy groups -OCH3 is 1. The number of hydrogen-bond donors (Lipinski definition) is 1. The molecule has 0 aromatic heterocycles. The number of ether oxygens (including phenoxy) is 1. The minimum Gasteiger partial charge on any atom is -0.495 e. The molecular formula is C20H25N3O6S2. The van der Waals surface area contributed by atoms with E-state index in [2.05, 4.69) is 5.32 Å². The van der Waals surface area contributed by atoms with Crippen LogP contribution in [0.25, 0.3) is 6.08 Å². The maximum Gasteiger partial charge on any atom is 0.242 e. The Kier molecular flexibility index (Phi) is 7.96. The molecule has 11 heteroatoms. The molecule has 168 valence electrons. The molecule has 1 N–H and O–H groups in total. The summed E-state index contributed by atoms with van der Waals surface area (Å²) in [5.41, 5.74) is 0.814. The summed E-state index contributed by atoms with van der Waals surface area (Å²) in [4.78, 5) is 12.4. The first kappa shape index (κ1) is 24.5. The van der Waals surface area contributed by atoms with Crippen LogP contribution in [0.2, 0.25) is 0 Å². The summed E-state index contributed by atoms with van der Waals surface area (Å²) in [5.74, 6) is -0.419. The fourth-order valence-corrected chi connectivity index (χ4v) is 4.23. The van der Waals surface area contributed by atoms with E-state index in [1.807, 2.05) is 6.07 Å². The van der Waals surface area contributed by atoms with E-state index in [-0.39, 0.29) is 16.3 Å². The fraction of sp³-hybridized carbons (Fsp3) is 0.250. The molecule has 0 saturated heterocycles. The van der Waals surface area contributed by atoms with Crippen molar-refractivity contribution in [3.05, 3.63) is 59.5 Å². The Balaban J connectivity index is 2.17. The second kappa shape index (κ2) is 10.1. The summed E-state index contributed by atoms with van der Waals surface area (Å²) < 4.78 is 56.6. The number of sulfonamides is 2. The smallest absolute Gasteiger partial charge is 0.242 e. The van der Waals surface area contributed by atoms with Gasteiger partial charge in [0.05, 0.1) is 24.2 Å². The first-order chi connectivity index (χ1) is 14.5. The molecule has 0 radical (unpaired) electrons. The van der Waals surface area contributed by atoms with Crippen LogP contribution in [0.3, 0.4) is 0 Å². The topological polar surface area (TPSA) is 113 Å². The van der Waals surface area contributed by atoms with E-state index < -0.39 is 32.5 Å². The zero-order chi connectivity index (χ0) is 23.2. The molecule has 2 rings (SSSR count). The average Bonchev–Trinajstić information content (AvgIpc) is 2.72. The van der Waals surface area contributed by atoms with Crippen molar-refractivity contribution in [2.24, 2.45) is 0 Å². The number of likely N-dealkylation sites (N-methyl/N-ethyl adjacent to an activating group) is 1. The molecule has 0 atom stereocenters. The number of carbonyl (C=O) groups is 1. The van der Waals surface area contributed by atoms with Gasteiger partial charge in [-0.3, -0.25) is 4.79 Å². The highest BCUT2D eigenvalue weighted by Crippen LogP contribution is 2.28. The number of hydrogen-bond acceptors (Lipinski definition) is 6. The molecule has 0 unspecified atom stereocenters. The first-order valence-electron chi connectivity index (χ1n) is 9.07. The van der Waals surface area contributed by atoms with Gasteiger partial charge in [-0.25, -0.2) is 21.1 Å². The predicted molar refractivity (Wildman–Crippen MR) is 120 cm³/mol. The number of nitrogens with one attached hydrogen (secondary N) is 1. The standard InChI is InChI=1S/C20H25N3O6S2/c1-22(2)31(27,28)17-10-11-19(29-4)18(14-17)21-20(24)15-23(3)30(25,26)13-12-16-8-6-5-7-9-16/h5-14H,15H2,1-4H3,(H,21,24)/b13-12+. The van der Waals surface area contributed by atoms with E-state index in [0.29, 0.717) is 5.56 Å². The van der Waals surface area contributed by atoms with Crippen LogP contribution in [0.4, 0.5) is 5.69 Å². The summed E-state index contributed by atoms with van der Waals surface area (Å²) in [7, 11) is -2.15. The van der Waals surface area contributed by atoms with E-state index in [9.17, 15) is 21.6 Å². The summed E-state index contributed by atoms with van der Waals surface area (Å²) in [6, 6.07) is 12.9. The monoisotopic (exact) mass is 467 g/mol. The van der Waals surface area contributed by atoms with Crippen molar-refractivity contribution in [1.82, 2.24) is 8.61 Å². The Morgan fingerprint density at radius 1 is 1.03 bits per heavy atom. The third kappa shape index (κ3) is 6.37. The van der Waals surface area contributed by atoms with Gasteiger partial charge in [0.1, 0.15) is 5.75 Å². The number of benzene rings is 2. The highest BCUT2D eigenvalue weighted by molar-refractivity contribution is 7.92. The third-order valence-electron chi connectivity index (χ3n) is 4.26. The molecule has 0 aliphatic heterocycles. The zero-order valence-electron chi connectivity index (χ0n) is 17.6. The highest BCUT2D eigenvalue weighted by atomic mass is 32.2. The summed E-state index contributed by atoms with van der Waals surface area (Å²) >= 11 is 0. The van der Waals surface area contributed by atoms with Gasteiger partial charge in [0.25, 0.3) is 0 Å². The lowest BCUT2D eigenvalue weighted by Gasteiger charge is -2.17. The van der Waals surface area contributed by atoms with Crippen LogP contribution in [0, 0.1) is 0 Å². The van der Waals surface area contributed by atoms with Gasteiger partial charge in [0, 0.05) is 26.6 Å². The zero-order valence-corrected chi connectivity index (χ0v) is 19.3. The van der Waals surface area contributed by atoms with Gasteiger partial charge in [-0.05, 0) is 29.8 Å². The maximum atomic E-state index is 12.5. The van der Waals surface area contributed by atoms with Gasteiger partial charge < -0.3 is 10.1 Å². The van der Waals surface area contributed by atoms with Gasteiger partial charge in [0.15, 0.2) is 0 Å². The van der Waals surface area contributed by atoms with Crippen LogP contribution >= 0.6 is 0 Å². The third-order valence-corrected chi connectivity index (χ3v) is 7.55. The highest BCUT2D eigenvalue weighted by Gasteiger charge is 2.22. The molecule has 31 heavy (non-hydrogen) atoms. The summed E-state index contributed by atoms with van der Waals surface area (Å²) in [5, 5.41) is 3.53. The largest absolute Gasteiger partial charge is 0.495 e. The summed E-state index contributed by atoms with van der Waals surface area (Å²) in [6.07, 6.45) is 1.43. The van der Waals surface area contributed by atoms with Crippen molar-refractivity contribution < 1.29 is 26.4 Å². The fourth-order valence-electron chi connectivity index (χ4n) is 2.47. The second-order valence-electron chi connectivity index (χ2n) is 6.71. The summed E-state index contributed by atoms with van der Waals surface area (Å²) in [6.45, 7) is -0.477. The van der Waals surface area contributed by atoms with Crippen LogP contribution in [0.5, 0.6) is 5.75 Å². The Bertz CT molecular complexity index is 1160. The van der Waals surface area contributed by atoms with E-state index in [1.54, 1.807) is 24.3 Å². The van der Waals surface area contributed by atoms with Gasteiger partial charge in [-0.1, -0.05) is 30.3 Å². The molecule has 0 aliphatic carbocycles. The Labute approximate surface area is 183 Å². The van der Waals surface area contributed by atoms with Crippen molar-refractivity contribution in [3.63, 3.8) is 0 Å². The molecule has 1 amide bonds. The number of nitrogens with zero attached hydrogens (tertiary/aromatic N) is 2. The van der Waals surface area contributed by atoms with Crippen LogP contribution in [0.1, 0.15) is 5.56 Å². The van der Waals surface area contributed by atoms with Crippen molar-refractivity contribution >= 4 is 37.7 Å². The van der Waals surface area contributed by atoms with Gasteiger partial charge in [-0.2, -0.15) is 4.31 Å². The molecule has 0 bridgehead atoms.